The fourth-order valence-corrected chi connectivity index (χ4v) is 3.56. The second kappa shape index (κ2) is 5.77. The van der Waals surface area contributed by atoms with E-state index in [4.69, 9.17) is 0 Å². The van der Waals surface area contributed by atoms with Crippen molar-refractivity contribution in [3.05, 3.63) is 18.5 Å². The maximum Gasteiger partial charge on any atom is 0.328 e. The summed E-state index contributed by atoms with van der Waals surface area (Å²) in [5.74, 6) is 0.711. The highest BCUT2D eigenvalue weighted by atomic mass is 16.2. The third-order valence-corrected chi connectivity index (χ3v) is 4.83. The van der Waals surface area contributed by atoms with Crippen LogP contribution in [0.1, 0.15) is 12.8 Å². The van der Waals surface area contributed by atoms with Crippen molar-refractivity contribution in [2.24, 2.45) is 0 Å². The van der Waals surface area contributed by atoms with E-state index in [-0.39, 0.29) is 18.0 Å². The van der Waals surface area contributed by atoms with Crippen LogP contribution >= 0.6 is 0 Å². The Morgan fingerprint density at radius 1 is 1.04 bits per heavy atom. The van der Waals surface area contributed by atoms with Crippen LogP contribution in [-0.2, 0) is 4.79 Å². The highest BCUT2D eigenvalue weighted by Gasteiger charge is 2.47. The SMILES string of the molecule is O=C1[C@@H]2CCCN2C(=O)N1CN1CCN(c2ncccn2)CC1. The standard InChI is InChI=1S/C15H20N6O2/c22-13-12-3-1-6-20(12)15(23)21(13)11-18-7-9-19(10-8-18)14-16-4-2-5-17-14/h2,4-5,12H,1,3,6-11H2/t12-/m0/s1. The van der Waals surface area contributed by atoms with E-state index < -0.39 is 0 Å². The molecule has 0 radical (unpaired) electrons. The average molecular weight is 316 g/mol. The van der Waals surface area contributed by atoms with Crippen molar-refractivity contribution < 1.29 is 9.59 Å². The molecule has 8 heteroatoms. The monoisotopic (exact) mass is 316 g/mol. The van der Waals surface area contributed by atoms with Gasteiger partial charge < -0.3 is 9.80 Å². The quantitative estimate of drug-likeness (QED) is 0.730. The number of carbonyl (C=O) groups is 2. The summed E-state index contributed by atoms with van der Waals surface area (Å²) >= 11 is 0. The molecule has 0 saturated carbocycles. The molecule has 0 spiro atoms. The zero-order valence-corrected chi connectivity index (χ0v) is 13.0. The molecule has 0 bridgehead atoms. The molecule has 8 nitrogen and oxygen atoms in total. The molecular weight excluding hydrogens is 296 g/mol. The van der Waals surface area contributed by atoms with Gasteiger partial charge in [0, 0.05) is 45.1 Å². The Morgan fingerprint density at radius 2 is 1.78 bits per heavy atom. The molecule has 4 heterocycles. The molecule has 0 aliphatic carbocycles. The Bertz CT molecular complexity index is 579. The molecule has 3 aliphatic heterocycles. The maximum absolute atomic E-state index is 12.4. The van der Waals surface area contributed by atoms with Crippen LogP contribution in [0, 0.1) is 0 Å². The number of amides is 3. The van der Waals surface area contributed by atoms with Crippen LogP contribution in [-0.4, -0.2) is 82.0 Å². The molecule has 3 saturated heterocycles. The second-order valence-corrected chi connectivity index (χ2v) is 6.20. The lowest BCUT2D eigenvalue weighted by Gasteiger charge is -2.35. The molecule has 4 rings (SSSR count). The van der Waals surface area contributed by atoms with Gasteiger partial charge in [0.25, 0.3) is 5.91 Å². The molecule has 1 atom stereocenters. The smallest absolute Gasteiger partial charge is 0.328 e. The molecule has 23 heavy (non-hydrogen) atoms. The number of fused-ring (bicyclic) bond motifs is 1. The second-order valence-electron chi connectivity index (χ2n) is 6.20. The van der Waals surface area contributed by atoms with Crippen LogP contribution < -0.4 is 4.90 Å². The minimum atomic E-state index is -0.207. The summed E-state index contributed by atoms with van der Waals surface area (Å²) < 4.78 is 0. The molecular formula is C15H20N6O2. The van der Waals surface area contributed by atoms with Crippen LogP contribution in [0.25, 0.3) is 0 Å². The van der Waals surface area contributed by atoms with E-state index in [9.17, 15) is 9.59 Å². The molecule has 3 amide bonds. The fourth-order valence-electron chi connectivity index (χ4n) is 3.56. The number of nitrogens with zero attached hydrogens (tertiary/aromatic N) is 6. The Kier molecular flexibility index (Phi) is 3.60. The molecule has 0 unspecified atom stereocenters. The van der Waals surface area contributed by atoms with E-state index in [1.54, 1.807) is 23.4 Å². The van der Waals surface area contributed by atoms with Gasteiger partial charge in [-0.1, -0.05) is 0 Å². The van der Waals surface area contributed by atoms with Crippen LogP contribution in [0.5, 0.6) is 0 Å². The fraction of sp³-hybridized carbons (Fsp3) is 0.600. The maximum atomic E-state index is 12.4. The topological polar surface area (TPSA) is 72.9 Å². The zero-order chi connectivity index (χ0) is 15.8. The van der Waals surface area contributed by atoms with E-state index in [0.29, 0.717) is 13.2 Å². The first-order valence-corrected chi connectivity index (χ1v) is 8.10. The minimum absolute atomic E-state index is 0.0266. The highest BCUT2D eigenvalue weighted by molar-refractivity contribution is 6.04. The van der Waals surface area contributed by atoms with Crippen LogP contribution in [0.3, 0.4) is 0 Å². The van der Waals surface area contributed by atoms with Crippen molar-refractivity contribution >= 4 is 17.9 Å². The third-order valence-electron chi connectivity index (χ3n) is 4.83. The summed E-state index contributed by atoms with van der Waals surface area (Å²) in [5.41, 5.74) is 0. The zero-order valence-electron chi connectivity index (χ0n) is 13.0. The van der Waals surface area contributed by atoms with Crippen molar-refractivity contribution in [2.75, 3.05) is 44.3 Å². The molecule has 122 valence electrons. The predicted octanol–water partition coefficient (Wildman–Crippen LogP) is -0.0173. The molecule has 1 aromatic heterocycles. The average Bonchev–Trinajstić information content (AvgIpc) is 3.16. The van der Waals surface area contributed by atoms with Crippen molar-refractivity contribution in [3.8, 4) is 0 Å². The van der Waals surface area contributed by atoms with Crippen molar-refractivity contribution in [1.29, 1.82) is 0 Å². The Hall–Kier alpha value is -2.22. The number of carbonyl (C=O) groups excluding carboxylic acids is 2. The van der Waals surface area contributed by atoms with Crippen molar-refractivity contribution in [1.82, 2.24) is 24.7 Å². The van der Waals surface area contributed by atoms with Gasteiger partial charge in [0.2, 0.25) is 5.95 Å². The number of piperazine rings is 1. The lowest BCUT2D eigenvalue weighted by molar-refractivity contribution is -0.129. The van der Waals surface area contributed by atoms with Gasteiger partial charge in [0.05, 0.1) is 6.67 Å². The van der Waals surface area contributed by atoms with Gasteiger partial charge >= 0.3 is 6.03 Å². The van der Waals surface area contributed by atoms with Gasteiger partial charge in [-0.2, -0.15) is 0 Å². The van der Waals surface area contributed by atoms with Gasteiger partial charge in [-0.15, -0.1) is 0 Å². The summed E-state index contributed by atoms with van der Waals surface area (Å²) in [5, 5.41) is 0. The summed E-state index contributed by atoms with van der Waals surface area (Å²) in [6.45, 7) is 4.29. The largest absolute Gasteiger partial charge is 0.338 e. The molecule has 1 aromatic rings. The first kappa shape index (κ1) is 14.4. The molecule has 3 fully saturated rings. The van der Waals surface area contributed by atoms with E-state index in [2.05, 4.69) is 19.8 Å². The number of aromatic nitrogens is 2. The first-order chi connectivity index (χ1) is 11.2. The Balaban J connectivity index is 1.35. The molecule has 3 aliphatic rings. The van der Waals surface area contributed by atoms with Gasteiger partial charge in [-0.25, -0.2) is 19.7 Å². The summed E-state index contributed by atoms with van der Waals surface area (Å²) in [4.78, 5) is 40.6. The van der Waals surface area contributed by atoms with Gasteiger partial charge in [-0.3, -0.25) is 9.69 Å². The van der Waals surface area contributed by atoms with Gasteiger partial charge in [0.1, 0.15) is 6.04 Å². The van der Waals surface area contributed by atoms with Crippen LogP contribution in [0.2, 0.25) is 0 Å². The summed E-state index contributed by atoms with van der Waals surface area (Å²) in [7, 11) is 0. The minimum Gasteiger partial charge on any atom is -0.338 e. The van der Waals surface area contributed by atoms with Gasteiger partial charge in [0.15, 0.2) is 0 Å². The van der Waals surface area contributed by atoms with Crippen LogP contribution in [0.15, 0.2) is 18.5 Å². The molecule has 0 aromatic carbocycles. The Morgan fingerprint density at radius 3 is 2.48 bits per heavy atom. The summed E-state index contributed by atoms with van der Waals surface area (Å²) in [6.07, 6.45) is 5.22. The molecule has 0 N–H and O–H groups in total. The normalized spacial score (nSPS) is 25.4. The number of hydrogen-bond acceptors (Lipinski definition) is 6. The first-order valence-electron chi connectivity index (χ1n) is 8.10. The van der Waals surface area contributed by atoms with E-state index in [0.717, 1.165) is 45.0 Å². The lowest BCUT2D eigenvalue weighted by atomic mass is 10.2. The van der Waals surface area contributed by atoms with Crippen LogP contribution in [0.4, 0.5) is 10.7 Å². The van der Waals surface area contributed by atoms with Crippen molar-refractivity contribution in [2.45, 2.75) is 18.9 Å². The van der Waals surface area contributed by atoms with E-state index >= 15 is 0 Å². The number of hydrogen-bond donors (Lipinski definition) is 0. The van der Waals surface area contributed by atoms with E-state index in [1.807, 2.05) is 0 Å². The Labute approximate surface area is 134 Å². The predicted molar refractivity (Wildman–Crippen MR) is 82.7 cm³/mol. The highest BCUT2D eigenvalue weighted by Crippen LogP contribution is 2.27. The summed E-state index contributed by atoms with van der Waals surface area (Å²) in [6, 6.07) is 1.48. The van der Waals surface area contributed by atoms with E-state index in [1.165, 1.54) is 4.90 Å². The van der Waals surface area contributed by atoms with Gasteiger partial charge in [-0.05, 0) is 18.9 Å². The third kappa shape index (κ3) is 2.52. The van der Waals surface area contributed by atoms with Crippen molar-refractivity contribution in [3.63, 3.8) is 0 Å². The number of imide groups is 1. The number of anilines is 1. The number of urea groups is 1. The number of rotatable bonds is 3. The lowest BCUT2D eigenvalue weighted by Crippen LogP contribution is -2.51.